The van der Waals surface area contributed by atoms with Gasteiger partial charge in [-0.05, 0) is 85.7 Å². The number of anilines is 2. The molecular weight excluding hydrogens is 546 g/mol. The molecule has 2 unspecified atom stereocenters. The number of hydrogen-bond donors (Lipinski definition) is 2. The Morgan fingerprint density at radius 3 is 2.40 bits per heavy atom. The van der Waals surface area contributed by atoms with Gasteiger partial charge in [-0.3, -0.25) is 4.79 Å². The van der Waals surface area contributed by atoms with E-state index in [0.717, 1.165) is 42.5 Å². The zero-order valence-corrected chi connectivity index (χ0v) is 24.9. The largest absolute Gasteiger partial charge is 0.495 e. The molecule has 3 aromatic rings. The van der Waals surface area contributed by atoms with Crippen LogP contribution in [0.4, 0.5) is 16.2 Å². The van der Waals surface area contributed by atoms with Gasteiger partial charge in [0.15, 0.2) is 0 Å². The van der Waals surface area contributed by atoms with Crippen molar-refractivity contribution in [1.29, 1.82) is 0 Å². The van der Waals surface area contributed by atoms with Crippen LogP contribution in [0, 0.1) is 12.8 Å². The predicted molar refractivity (Wildman–Crippen MR) is 165 cm³/mol. The molecule has 1 aliphatic heterocycles. The highest BCUT2D eigenvalue weighted by atomic mass is 16.5. The molecule has 2 fully saturated rings. The van der Waals surface area contributed by atoms with Crippen molar-refractivity contribution >= 4 is 29.3 Å². The molecule has 3 aromatic carbocycles. The molecule has 2 aliphatic rings. The van der Waals surface area contributed by atoms with E-state index in [-0.39, 0.29) is 30.4 Å². The van der Waals surface area contributed by atoms with E-state index in [1.165, 1.54) is 13.5 Å². The standard InChI is InChI=1S/C34H39N3O6/c1-22-8-4-6-10-28(22)35-34(40)36-29-17-12-23(18-31(29)41-2)19-32(38)37-26(20-25-9-5-7-11-30(25)37)21-43-27-15-13-24(14-16-27)33(39)42-3/h4,6,8,10,12-18,25-26,30H,5,7,9,11,19-21H2,1-3H3,(H2,35,36,40)/t25?,26-,30?/m0/s1. The van der Waals surface area contributed by atoms with Gasteiger partial charge in [0.1, 0.15) is 18.1 Å². The molecule has 0 spiro atoms. The Bertz CT molecular complexity index is 1460. The van der Waals surface area contributed by atoms with E-state index in [4.69, 9.17) is 14.2 Å². The molecule has 43 heavy (non-hydrogen) atoms. The summed E-state index contributed by atoms with van der Waals surface area (Å²) in [7, 11) is 2.90. The summed E-state index contributed by atoms with van der Waals surface area (Å²) in [6.45, 7) is 2.32. The number of amides is 3. The topological polar surface area (TPSA) is 106 Å². The number of carbonyl (C=O) groups excluding carboxylic acids is 3. The van der Waals surface area contributed by atoms with Crippen LogP contribution in [-0.4, -0.2) is 55.7 Å². The summed E-state index contributed by atoms with van der Waals surface area (Å²) >= 11 is 0. The highest BCUT2D eigenvalue weighted by Crippen LogP contribution is 2.40. The van der Waals surface area contributed by atoms with E-state index < -0.39 is 5.97 Å². The van der Waals surface area contributed by atoms with Gasteiger partial charge in [-0.1, -0.05) is 37.1 Å². The zero-order chi connectivity index (χ0) is 30.3. The van der Waals surface area contributed by atoms with Crippen LogP contribution in [-0.2, 0) is 16.0 Å². The number of rotatable bonds is 9. The number of nitrogens with one attached hydrogen (secondary N) is 2. The van der Waals surface area contributed by atoms with Gasteiger partial charge in [-0.2, -0.15) is 0 Å². The highest BCUT2D eigenvalue weighted by molar-refractivity contribution is 6.01. The third-order valence-electron chi connectivity index (χ3n) is 8.46. The lowest BCUT2D eigenvalue weighted by Crippen LogP contribution is -2.46. The molecule has 226 valence electrons. The Morgan fingerprint density at radius 2 is 1.65 bits per heavy atom. The summed E-state index contributed by atoms with van der Waals surface area (Å²) in [5.41, 5.74) is 3.47. The molecule has 9 nitrogen and oxygen atoms in total. The summed E-state index contributed by atoms with van der Waals surface area (Å²) in [5.74, 6) is 1.27. The van der Waals surface area contributed by atoms with E-state index in [2.05, 4.69) is 15.5 Å². The van der Waals surface area contributed by atoms with E-state index in [9.17, 15) is 14.4 Å². The van der Waals surface area contributed by atoms with Gasteiger partial charge in [-0.15, -0.1) is 0 Å². The average molecular weight is 586 g/mol. The van der Waals surface area contributed by atoms with Crippen molar-refractivity contribution in [2.45, 2.75) is 57.5 Å². The van der Waals surface area contributed by atoms with Crippen molar-refractivity contribution in [1.82, 2.24) is 4.90 Å². The number of esters is 1. The molecule has 0 bridgehead atoms. The SMILES string of the molecule is COC(=O)c1ccc(OC[C@@H]2CC3CCCCC3N2C(=O)Cc2ccc(NC(=O)Nc3ccccc3C)c(OC)c2)cc1. The van der Waals surface area contributed by atoms with Crippen molar-refractivity contribution in [2.75, 3.05) is 31.5 Å². The lowest BCUT2D eigenvalue weighted by molar-refractivity contribution is -0.134. The van der Waals surface area contributed by atoms with Gasteiger partial charge in [0.2, 0.25) is 5.91 Å². The third-order valence-corrected chi connectivity index (χ3v) is 8.46. The van der Waals surface area contributed by atoms with E-state index in [1.807, 2.05) is 43.3 Å². The van der Waals surface area contributed by atoms with Crippen LogP contribution in [0.1, 0.15) is 53.6 Å². The Hall–Kier alpha value is -4.53. The molecular formula is C34H39N3O6. The fourth-order valence-corrected chi connectivity index (χ4v) is 6.30. The summed E-state index contributed by atoms with van der Waals surface area (Å²) in [6.07, 6.45) is 5.57. The molecule has 1 heterocycles. The average Bonchev–Trinajstić information content (AvgIpc) is 3.40. The third kappa shape index (κ3) is 7.10. The van der Waals surface area contributed by atoms with E-state index >= 15 is 0 Å². The number of ether oxygens (including phenoxy) is 3. The second-order valence-electron chi connectivity index (χ2n) is 11.2. The number of para-hydroxylation sites is 1. The van der Waals surface area contributed by atoms with Crippen molar-refractivity contribution < 1.29 is 28.6 Å². The molecule has 3 atom stereocenters. The van der Waals surface area contributed by atoms with Crippen LogP contribution in [0.2, 0.25) is 0 Å². The fraction of sp³-hybridized carbons (Fsp3) is 0.382. The maximum absolute atomic E-state index is 13.8. The van der Waals surface area contributed by atoms with Crippen LogP contribution >= 0.6 is 0 Å². The van der Waals surface area contributed by atoms with E-state index in [1.54, 1.807) is 37.4 Å². The molecule has 1 saturated carbocycles. The molecule has 9 heteroatoms. The minimum absolute atomic E-state index is 0.0335. The van der Waals surface area contributed by atoms with Crippen molar-refractivity contribution in [3.63, 3.8) is 0 Å². The molecule has 0 aromatic heterocycles. The van der Waals surface area contributed by atoms with Gasteiger partial charge in [-0.25, -0.2) is 9.59 Å². The fourth-order valence-electron chi connectivity index (χ4n) is 6.30. The lowest BCUT2D eigenvalue weighted by atomic mass is 9.84. The maximum atomic E-state index is 13.8. The zero-order valence-electron chi connectivity index (χ0n) is 24.9. The summed E-state index contributed by atoms with van der Waals surface area (Å²) in [6, 6.07) is 19.7. The summed E-state index contributed by atoms with van der Waals surface area (Å²) < 4.78 is 16.5. The number of carbonyl (C=O) groups is 3. The van der Waals surface area contributed by atoms with Gasteiger partial charge in [0, 0.05) is 11.7 Å². The van der Waals surface area contributed by atoms with Gasteiger partial charge in [0.25, 0.3) is 0 Å². The first kappa shape index (κ1) is 29.9. The minimum atomic E-state index is -0.394. The quantitative estimate of drug-likeness (QED) is 0.289. The van der Waals surface area contributed by atoms with Crippen LogP contribution < -0.4 is 20.1 Å². The normalized spacial score (nSPS) is 19.2. The van der Waals surface area contributed by atoms with Gasteiger partial charge >= 0.3 is 12.0 Å². The first-order valence-electron chi connectivity index (χ1n) is 14.8. The molecule has 2 N–H and O–H groups in total. The molecule has 0 radical (unpaired) electrons. The van der Waals surface area contributed by atoms with Crippen LogP contribution in [0.5, 0.6) is 11.5 Å². The number of urea groups is 1. The number of likely N-dealkylation sites (tertiary alicyclic amines) is 1. The van der Waals surface area contributed by atoms with Crippen LogP contribution in [0.3, 0.4) is 0 Å². The molecule has 3 amide bonds. The van der Waals surface area contributed by atoms with Gasteiger partial charge in [0.05, 0.1) is 37.9 Å². The van der Waals surface area contributed by atoms with Crippen molar-refractivity contribution in [2.24, 2.45) is 5.92 Å². The van der Waals surface area contributed by atoms with Crippen molar-refractivity contribution in [3.05, 3.63) is 83.4 Å². The molecule has 1 saturated heterocycles. The number of methoxy groups -OCH3 is 2. The van der Waals surface area contributed by atoms with E-state index in [0.29, 0.717) is 35.3 Å². The Morgan fingerprint density at radius 1 is 0.907 bits per heavy atom. The summed E-state index contributed by atoms with van der Waals surface area (Å²) in [5, 5.41) is 5.71. The minimum Gasteiger partial charge on any atom is -0.495 e. The second kappa shape index (κ2) is 13.6. The number of aryl methyl sites for hydroxylation is 1. The highest BCUT2D eigenvalue weighted by Gasteiger charge is 2.44. The first-order valence-corrected chi connectivity index (χ1v) is 14.8. The van der Waals surface area contributed by atoms with Crippen LogP contribution in [0.15, 0.2) is 66.7 Å². The lowest BCUT2D eigenvalue weighted by Gasteiger charge is -2.34. The van der Waals surface area contributed by atoms with Crippen LogP contribution in [0.25, 0.3) is 0 Å². The Labute approximate surface area is 252 Å². The number of hydrogen-bond acceptors (Lipinski definition) is 6. The monoisotopic (exact) mass is 585 g/mol. The molecule has 1 aliphatic carbocycles. The number of nitrogens with zero attached hydrogens (tertiary/aromatic N) is 1. The number of fused-ring (bicyclic) bond motifs is 1. The van der Waals surface area contributed by atoms with Crippen molar-refractivity contribution in [3.8, 4) is 11.5 Å². The first-order chi connectivity index (χ1) is 20.9. The maximum Gasteiger partial charge on any atom is 0.337 e. The molecule has 5 rings (SSSR count). The summed E-state index contributed by atoms with van der Waals surface area (Å²) in [4.78, 5) is 40.3. The predicted octanol–water partition coefficient (Wildman–Crippen LogP) is 6.22. The Balaban J connectivity index is 1.25. The smallest absolute Gasteiger partial charge is 0.337 e. The Kier molecular flexibility index (Phi) is 9.49. The van der Waals surface area contributed by atoms with Gasteiger partial charge < -0.3 is 29.7 Å². The second-order valence-corrected chi connectivity index (χ2v) is 11.2. The number of benzene rings is 3.